The van der Waals surface area contributed by atoms with Gasteiger partial charge in [0.1, 0.15) is 6.04 Å². The van der Waals surface area contributed by atoms with Crippen LogP contribution in [0.5, 0.6) is 0 Å². The maximum atomic E-state index is 11.9. The summed E-state index contributed by atoms with van der Waals surface area (Å²) in [7, 11) is 0. The molecule has 1 fully saturated rings. The van der Waals surface area contributed by atoms with Gasteiger partial charge in [-0.2, -0.15) is 23.5 Å². The van der Waals surface area contributed by atoms with Crippen molar-refractivity contribution in [3.63, 3.8) is 0 Å². The molecular weight excluding hydrogens is 493 g/mol. The molecule has 3 amide bonds. The lowest BCUT2D eigenvalue weighted by Gasteiger charge is -2.22. The minimum atomic E-state index is -4.95. The Labute approximate surface area is 215 Å². The van der Waals surface area contributed by atoms with Crippen molar-refractivity contribution < 1.29 is 32.3 Å². The predicted molar refractivity (Wildman–Crippen MR) is 129 cm³/mol. The second kappa shape index (κ2) is 14.0. The quantitative estimate of drug-likeness (QED) is 0.563. The number of carbonyl (C=O) groups excluding carboxylic acids is 3. The SMILES string of the molecule is CC(C)C.C[C@H]1CN(C(=O)CNC(=O)C(F)(F)F)CC1(C)C.N#CC(NC=O)c1cnn2c1COCC2. The first kappa shape index (κ1) is 31.9. The largest absolute Gasteiger partial charge is 0.471 e. The number of hydrogen-bond donors (Lipinski definition) is 2. The van der Waals surface area contributed by atoms with Gasteiger partial charge in [0.05, 0.1) is 44.3 Å². The third-order valence-electron chi connectivity index (χ3n) is 5.78. The highest BCUT2D eigenvalue weighted by Gasteiger charge is 2.41. The average Bonchev–Trinajstić information content (AvgIpc) is 3.35. The number of rotatable bonds is 5. The van der Waals surface area contributed by atoms with Gasteiger partial charge in [-0.1, -0.05) is 41.5 Å². The highest BCUT2D eigenvalue weighted by Crippen LogP contribution is 2.34. The number of amides is 3. The van der Waals surface area contributed by atoms with Gasteiger partial charge in [-0.3, -0.25) is 19.1 Å². The van der Waals surface area contributed by atoms with Crippen molar-refractivity contribution in [1.82, 2.24) is 25.3 Å². The molecule has 2 aliphatic heterocycles. The van der Waals surface area contributed by atoms with Gasteiger partial charge in [0, 0.05) is 18.7 Å². The lowest BCUT2D eigenvalue weighted by Crippen LogP contribution is -2.44. The summed E-state index contributed by atoms with van der Waals surface area (Å²) in [5.41, 5.74) is 1.52. The fourth-order valence-corrected chi connectivity index (χ4v) is 3.45. The van der Waals surface area contributed by atoms with E-state index in [1.54, 1.807) is 16.2 Å². The van der Waals surface area contributed by atoms with Crippen LogP contribution in [0.25, 0.3) is 0 Å². The fourth-order valence-electron chi connectivity index (χ4n) is 3.45. The van der Waals surface area contributed by atoms with Crippen LogP contribution in [0.4, 0.5) is 13.2 Å². The minimum absolute atomic E-state index is 0.0519. The number of hydrogen-bond acceptors (Lipinski definition) is 6. The minimum Gasteiger partial charge on any atom is -0.373 e. The average molecular weight is 531 g/mol. The number of halogens is 3. The van der Waals surface area contributed by atoms with Crippen LogP contribution in [0.3, 0.4) is 0 Å². The number of likely N-dealkylation sites (tertiary alicyclic amines) is 1. The Hall–Kier alpha value is -3.14. The number of nitrogens with zero attached hydrogens (tertiary/aromatic N) is 4. The zero-order valence-electron chi connectivity index (χ0n) is 22.2. The molecule has 2 aliphatic rings. The molecule has 0 bridgehead atoms. The Bertz CT molecular complexity index is 953. The van der Waals surface area contributed by atoms with Crippen LogP contribution in [0.15, 0.2) is 6.20 Å². The van der Waals surface area contributed by atoms with Crippen LogP contribution in [0.2, 0.25) is 0 Å². The van der Waals surface area contributed by atoms with Crippen molar-refractivity contribution in [1.29, 1.82) is 5.26 Å². The maximum absolute atomic E-state index is 11.9. The molecule has 2 N–H and O–H groups in total. The molecule has 0 aliphatic carbocycles. The number of nitriles is 1. The van der Waals surface area contributed by atoms with E-state index in [-0.39, 0.29) is 11.3 Å². The molecule has 37 heavy (non-hydrogen) atoms. The van der Waals surface area contributed by atoms with Crippen LogP contribution in [0, 0.1) is 28.6 Å². The van der Waals surface area contributed by atoms with Crippen molar-refractivity contribution in [2.24, 2.45) is 17.3 Å². The van der Waals surface area contributed by atoms with Gasteiger partial charge in [-0.15, -0.1) is 0 Å². The summed E-state index contributed by atoms with van der Waals surface area (Å²) in [5.74, 6) is -1.45. The zero-order chi connectivity index (χ0) is 28.4. The maximum Gasteiger partial charge on any atom is 0.471 e. The second-order valence-electron chi connectivity index (χ2n) is 10.2. The molecule has 208 valence electrons. The lowest BCUT2D eigenvalue weighted by atomic mass is 9.84. The third-order valence-corrected chi connectivity index (χ3v) is 5.78. The Morgan fingerprint density at radius 3 is 2.46 bits per heavy atom. The van der Waals surface area contributed by atoms with Crippen LogP contribution in [0.1, 0.15) is 58.8 Å². The van der Waals surface area contributed by atoms with Crippen LogP contribution >= 0.6 is 0 Å². The van der Waals surface area contributed by atoms with E-state index >= 15 is 0 Å². The molecule has 3 rings (SSSR count). The van der Waals surface area contributed by atoms with E-state index in [0.717, 1.165) is 11.6 Å². The molecule has 0 saturated carbocycles. The Morgan fingerprint density at radius 1 is 1.35 bits per heavy atom. The van der Waals surface area contributed by atoms with Gasteiger partial charge in [0.25, 0.3) is 0 Å². The van der Waals surface area contributed by atoms with Crippen molar-refractivity contribution in [2.45, 2.75) is 66.9 Å². The number of aromatic nitrogens is 2. The Morgan fingerprint density at radius 2 is 1.97 bits per heavy atom. The van der Waals surface area contributed by atoms with Gasteiger partial charge in [0.15, 0.2) is 0 Å². The molecule has 0 radical (unpaired) electrons. The number of carbonyl (C=O) groups is 3. The summed E-state index contributed by atoms with van der Waals surface area (Å²) in [6.45, 7) is 14.6. The first-order valence-corrected chi connectivity index (χ1v) is 12.0. The molecule has 13 heteroatoms. The Balaban J connectivity index is 0.000000327. The number of ether oxygens (including phenoxy) is 1. The second-order valence-corrected chi connectivity index (χ2v) is 10.2. The van der Waals surface area contributed by atoms with Crippen molar-refractivity contribution in [2.75, 3.05) is 26.2 Å². The summed E-state index contributed by atoms with van der Waals surface area (Å²) >= 11 is 0. The molecule has 2 atom stereocenters. The van der Waals surface area contributed by atoms with Crippen LogP contribution in [-0.4, -0.2) is 65.3 Å². The summed E-state index contributed by atoms with van der Waals surface area (Å²) in [5, 5.41) is 17.0. The lowest BCUT2D eigenvalue weighted by molar-refractivity contribution is -0.174. The van der Waals surface area contributed by atoms with E-state index in [1.807, 2.05) is 26.8 Å². The molecule has 1 saturated heterocycles. The van der Waals surface area contributed by atoms with Gasteiger partial charge in [0.2, 0.25) is 12.3 Å². The third kappa shape index (κ3) is 10.0. The summed E-state index contributed by atoms with van der Waals surface area (Å²) in [6.07, 6.45) is -2.83. The highest BCUT2D eigenvalue weighted by molar-refractivity contribution is 5.87. The van der Waals surface area contributed by atoms with Crippen molar-refractivity contribution in [3.8, 4) is 6.07 Å². The van der Waals surface area contributed by atoms with Gasteiger partial charge < -0.3 is 20.3 Å². The highest BCUT2D eigenvalue weighted by atomic mass is 19.4. The smallest absolute Gasteiger partial charge is 0.373 e. The normalized spacial score (nSPS) is 18.7. The predicted octanol–water partition coefficient (Wildman–Crippen LogP) is 2.56. The number of fused-ring (bicyclic) bond motifs is 1. The molecule has 0 aromatic carbocycles. The standard InChI is InChI=1S/C11H17F3N2O2.C9H10N4O2.C4H10/c1-7-5-16(6-10(7,2)3)8(17)4-15-9(18)11(12,13)14;10-3-8(11-6-14)7-4-12-13-1-2-15-5-9(7)13;1-4(2)3/h7H,4-6H2,1-3H3,(H,15,18);4,6,8H,1-2,5H2,(H,11,14);4H,1-3H3/t7-;;/m0../s1. The molecule has 1 unspecified atom stereocenters. The molecule has 0 spiro atoms. The Kier molecular flexibility index (Phi) is 12.0. The van der Waals surface area contributed by atoms with Crippen LogP contribution < -0.4 is 10.6 Å². The summed E-state index contributed by atoms with van der Waals surface area (Å²) < 4.78 is 42.9. The molecule has 1 aromatic rings. The summed E-state index contributed by atoms with van der Waals surface area (Å²) in [6, 6.07) is 1.36. The monoisotopic (exact) mass is 530 g/mol. The van der Waals surface area contributed by atoms with E-state index in [2.05, 4.69) is 31.2 Å². The van der Waals surface area contributed by atoms with E-state index < -0.39 is 30.6 Å². The van der Waals surface area contributed by atoms with Gasteiger partial charge in [-0.05, 0) is 17.3 Å². The number of alkyl halides is 3. The van der Waals surface area contributed by atoms with Crippen LogP contribution in [-0.2, 0) is 32.3 Å². The van der Waals surface area contributed by atoms with E-state index in [4.69, 9.17) is 10.00 Å². The van der Waals surface area contributed by atoms with Crippen molar-refractivity contribution >= 4 is 18.2 Å². The van der Waals surface area contributed by atoms with Gasteiger partial charge >= 0.3 is 12.1 Å². The zero-order valence-corrected chi connectivity index (χ0v) is 22.2. The number of nitrogens with one attached hydrogen (secondary N) is 2. The molecule has 3 heterocycles. The first-order valence-electron chi connectivity index (χ1n) is 12.0. The van der Waals surface area contributed by atoms with Gasteiger partial charge in [-0.25, -0.2) is 0 Å². The fraction of sp³-hybridized carbons (Fsp3) is 0.708. The van der Waals surface area contributed by atoms with Crippen molar-refractivity contribution in [3.05, 3.63) is 17.5 Å². The summed E-state index contributed by atoms with van der Waals surface area (Å²) in [4.78, 5) is 34.0. The van der Waals surface area contributed by atoms with E-state index in [9.17, 15) is 27.6 Å². The first-order chi connectivity index (χ1) is 17.1. The topological polar surface area (TPSA) is 129 Å². The molecule has 1 aromatic heterocycles. The molecule has 10 nitrogen and oxygen atoms in total. The van der Waals surface area contributed by atoms with E-state index in [1.165, 1.54) is 4.90 Å². The molecular formula is C24H37F3N6O4. The van der Waals surface area contributed by atoms with E-state index in [0.29, 0.717) is 44.8 Å².